The third-order valence-electron chi connectivity index (χ3n) is 2.93. The average Bonchev–Trinajstić information content (AvgIpc) is 2.39. The molecule has 0 saturated heterocycles. The highest BCUT2D eigenvalue weighted by Crippen LogP contribution is 2.22. The lowest BCUT2D eigenvalue weighted by molar-refractivity contribution is 0.0697. The van der Waals surface area contributed by atoms with Crippen LogP contribution in [0.5, 0.6) is 0 Å². The SMILES string of the molecule is Cc1ccnc(NC(C)c2ccncc2)c1C(=O)O. The minimum absolute atomic E-state index is 0.0459. The van der Waals surface area contributed by atoms with E-state index in [1.807, 2.05) is 19.1 Å². The highest BCUT2D eigenvalue weighted by molar-refractivity contribution is 5.94. The minimum atomic E-state index is -0.977. The summed E-state index contributed by atoms with van der Waals surface area (Å²) < 4.78 is 0. The fourth-order valence-corrected chi connectivity index (χ4v) is 1.88. The molecule has 1 unspecified atom stereocenters. The van der Waals surface area contributed by atoms with Crippen molar-refractivity contribution in [3.05, 3.63) is 53.5 Å². The number of pyridine rings is 2. The van der Waals surface area contributed by atoms with Crippen LogP contribution in [0.2, 0.25) is 0 Å². The zero-order valence-corrected chi connectivity index (χ0v) is 10.8. The molecule has 2 heterocycles. The number of nitrogens with one attached hydrogen (secondary N) is 1. The van der Waals surface area contributed by atoms with Crippen LogP contribution in [0.3, 0.4) is 0 Å². The summed E-state index contributed by atoms with van der Waals surface area (Å²) in [5, 5.41) is 12.4. The second-order valence-corrected chi connectivity index (χ2v) is 4.30. The third-order valence-corrected chi connectivity index (χ3v) is 2.93. The van der Waals surface area contributed by atoms with Crippen LogP contribution in [-0.4, -0.2) is 21.0 Å². The average molecular weight is 257 g/mol. The van der Waals surface area contributed by atoms with Crippen LogP contribution in [0.4, 0.5) is 5.82 Å². The van der Waals surface area contributed by atoms with E-state index in [2.05, 4.69) is 15.3 Å². The second kappa shape index (κ2) is 5.48. The molecule has 0 aliphatic heterocycles. The Labute approximate surface area is 111 Å². The van der Waals surface area contributed by atoms with Crippen LogP contribution in [0, 0.1) is 6.92 Å². The first-order valence-electron chi connectivity index (χ1n) is 5.95. The van der Waals surface area contributed by atoms with E-state index in [0.29, 0.717) is 11.4 Å². The highest BCUT2D eigenvalue weighted by atomic mass is 16.4. The molecule has 0 radical (unpaired) electrons. The van der Waals surface area contributed by atoms with Crippen molar-refractivity contribution in [2.24, 2.45) is 0 Å². The predicted molar refractivity (Wildman–Crippen MR) is 72.2 cm³/mol. The molecule has 98 valence electrons. The van der Waals surface area contributed by atoms with Crippen molar-refractivity contribution in [3.8, 4) is 0 Å². The first kappa shape index (κ1) is 13.0. The number of carbonyl (C=O) groups is 1. The molecule has 2 rings (SSSR count). The van der Waals surface area contributed by atoms with E-state index in [-0.39, 0.29) is 11.6 Å². The van der Waals surface area contributed by atoms with E-state index in [9.17, 15) is 9.90 Å². The van der Waals surface area contributed by atoms with Gasteiger partial charge in [0.25, 0.3) is 0 Å². The second-order valence-electron chi connectivity index (χ2n) is 4.30. The maximum Gasteiger partial charge on any atom is 0.339 e. The molecule has 2 N–H and O–H groups in total. The normalized spacial score (nSPS) is 11.9. The Kier molecular flexibility index (Phi) is 3.75. The van der Waals surface area contributed by atoms with Gasteiger partial charge in [0.2, 0.25) is 0 Å². The molecule has 0 aliphatic rings. The van der Waals surface area contributed by atoms with Gasteiger partial charge >= 0.3 is 5.97 Å². The van der Waals surface area contributed by atoms with Crippen molar-refractivity contribution in [3.63, 3.8) is 0 Å². The number of hydrogen-bond donors (Lipinski definition) is 2. The van der Waals surface area contributed by atoms with Gasteiger partial charge in [0.1, 0.15) is 11.4 Å². The number of nitrogens with zero attached hydrogens (tertiary/aromatic N) is 2. The summed E-state index contributed by atoms with van der Waals surface area (Å²) in [6, 6.07) is 5.41. The summed E-state index contributed by atoms with van der Waals surface area (Å²) in [5.41, 5.74) is 1.92. The molecule has 0 fully saturated rings. The van der Waals surface area contributed by atoms with Crippen molar-refractivity contribution in [1.29, 1.82) is 0 Å². The van der Waals surface area contributed by atoms with Crippen molar-refractivity contribution in [1.82, 2.24) is 9.97 Å². The predicted octanol–water partition coefficient (Wildman–Crippen LogP) is 2.66. The van der Waals surface area contributed by atoms with Crippen molar-refractivity contribution >= 4 is 11.8 Å². The molecule has 0 spiro atoms. The molecule has 0 aromatic carbocycles. The maximum absolute atomic E-state index is 11.3. The van der Waals surface area contributed by atoms with Crippen LogP contribution in [0.15, 0.2) is 36.8 Å². The summed E-state index contributed by atoms with van der Waals surface area (Å²) in [7, 11) is 0. The summed E-state index contributed by atoms with van der Waals surface area (Å²) in [4.78, 5) is 19.3. The molecule has 2 aromatic heterocycles. The zero-order valence-electron chi connectivity index (χ0n) is 10.8. The Morgan fingerprint density at radius 3 is 2.58 bits per heavy atom. The van der Waals surface area contributed by atoms with Gasteiger partial charge in [-0.05, 0) is 43.2 Å². The summed E-state index contributed by atoms with van der Waals surface area (Å²) in [5.74, 6) is -0.591. The van der Waals surface area contributed by atoms with Gasteiger partial charge in [0.15, 0.2) is 0 Å². The Bertz CT molecular complexity index is 584. The quantitative estimate of drug-likeness (QED) is 0.880. The van der Waals surface area contributed by atoms with Crippen molar-refractivity contribution in [2.75, 3.05) is 5.32 Å². The smallest absolute Gasteiger partial charge is 0.339 e. The highest BCUT2D eigenvalue weighted by Gasteiger charge is 2.16. The van der Waals surface area contributed by atoms with E-state index >= 15 is 0 Å². The number of aryl methyl sites for hydroxylation is 1. The van der Waals surface area contributed by atoms with E-state index in [1.54, 1.807) is 31.6 Å². The lowest BCUT2D eigenvalue weighted by Crippen LogP contribution is -2.13. The molecule has 19 heavy (non-hydrogen) atoms. The first-order valence-corrected chi connectivity index (χ1v) is 5.95. The minimum Gasteiger partial charge on any atom is -0.478 e. The van der Waals surface area contributed by atoms with Gasteiger partial charge in [-0.1, -0.05) is 0 Å². The molecule has 0 amide bonds. The Morgan fingerprint density at radius 1 is 1.26 bits per heavy atom. The van der Waals surface area contributed by atoms with Crippen LogP contribution in [0.25, 0.3) is 0 Å². The lowest BCUT2D eigenvalue weighted by atomic mass is 10.1. The molecule has 5 heteroatoms. The Balaban J connectivity index is 2.29. The van der Waals surface area contributed by atoms with E-state index in [0.717, 1.165) is 5.56 Å². The van der Waals surface area contributed by atoms with Crippen molar-refractivity contribution < 1.29 is 9.90 Å². The fourth-order valence-electron chi connectivity index (χ4n) is 1.88. The van der Waals surface area contributed by atoms with Gasteiger partial charge in [0.05, 0.1) is 6.04 Å². The topological polar surface area (TPSA) is 75.1 Å². The molecule has 0 bridgehead atoms. The van der Waals surface area contributed by atoms with Crippen LogP contribution in [-0.2, 0) is 0 Å². The molecule has 1 atom stereocenters. The number of rotatable bonds is 4. The molecule has 5 nitrogen and oxygen atoms in total. The summed E-state index contributed by atoms with van der Waals surface area (Å²) in [6.07, 6.45) is 5.01. The Morgan fingerprint density at radius 2 is 1.95 bits per heavy atom. The number of anilines is 1. The van der Waals surface area contributed by atoms with E-state index in [1.165, 1.54) is 0 Å². The van der Waals surface area contributed by atoms with Crippen molar-refractivity contribution in [2.45, 2.75) is 19.9 Å². The van der Waals surface area contributed by atoms with Crippen LogP contribution in [0.1, 0.15) is 34.5 Å². The number of carboxylic acid groups (broad SMARTS) is 1. The first-order chi connectivity index (χ1) is 9.09. The fraction of sp³-hybridized carbons (Fsp3) is 0.214. The third kappa shape index (κ3) is 2.88. The Hall–Kier alpha value is -2.43. The molecule has 2 aromatic rings. The molecule has 0 aliphatic carbocycles. The standard InChI is InChI=1S/C14H15N3O2/c1-9-3-8-16-13(12(9)14(18)19)17-10(2)11-4-6-15-7-5-11/h3-8,10H,1-2H3,(H,16,17)(H,18,19). The summed E-state index contributed by atoms with van der Waals surface area (Å²) in [6.45, 7) is 3.71. The maximum atomic E-state index is 11.3. The number of aromatic nitrogens is 2. The van der Waals surface area contributed by atoms with E-state index < -0.39 is 5.97 Å². The molecule has 0 saturated carbocycles. The monoisotopic (exact) mass is 257 g/mol. The van der Waals surface area contributed by atoms with Gasteiger partial charge in [-0.25, -0.2) is 9.78 Å². The number of carboxylic acids is 1. The van der Waals surface area contributed by atoms with Gasteiger partial charge in [-0.3, -0.25) is 4.98 Å². The van der Waals surface area contributed by atoms with Crippen LogP contribution < -0.4 is 5.32 Å². The zero-order chi connectivity index (χ0) is 13.8. The summed E-state index contributed by atoms with van der Waals surface area (Å²) >= 11 is 0. The van der Waals surface area contributed by atoms with Crippen LogP contribution >= 0.6 is 0 Å². The van der Waals surface area contributed by atoms with Gasteiger partial charge in [-0.15, -0.1) is 0 Å². The van der Waals surface area contributed by atoms with Gasteiger partial charge in [0, 0.05) is 18.6 Å². The molecular weight excluding hydrogens is 242 g/mol. The lowest BCUT2D eigenvalue weighted by Gasteiger charge is -2.17. The largest absolute Gasteiger partial charge is 0.478 e. The molecular formula is C14H15N3O2. The number of hydrogen-bond acceptors (Lipinski definition) is 4. The van der Waals surface area contributed by atoms with E-state index in [4.69, 9.17) is 0 Å². The number of aromatic carboxylic acids is 1. The van der Waals surface area contributed by atoms with Gasteiger partial charge in [-0.2, -0.15) is 0 Å². The van der Waals surface area contributed by atoms with Gasteiger partial charge < -0.3 is 10.4 Å².